The highest BCUT2D eigenvalue weighted by Crippen LogP contribution is 2.15. The van der Waals surface area contributed by atoms with Crippen LogP contribution in [0.4, 0.5) is 0 Å². The molecule has 96 valence electrons. The monoisotopic (exact) mass is 261 g/mol. The SMILES string of the molecule is Cc1ccccc1CN(CCO)Cc1cccs1. The van der Waals surface area contributed by atoms with E-state index in [1.165, 1.54) is 16.0 Å². The molecule has 0 aliphatic rings. The topological polar surface area (TPSA) is 23.5 Å². The van der Waals surface area contributed by atoms with E-state index in [1.807, 2.05) is 0 Å². The van der Waals surface area contributed by atoms with Crippen LogP contribution in [-0.4, -0.2) is 23.2 Å². The molecule has 0 fully saturated rings. The van der Waals surface area contributed by atoms with E-state index in [0.717, 1.165) is 13.1 Å². The smallest absolute Gasteiger partial charge is 0.0558 e. The maximum atomic E-state index is 9.17. The van der Waals surface area contributed by atoms with Gasteiger partial charge in [0.1, 0.15) is 0 Å². The quantitative estimate of drug-likeness (QED) is 0.864. The average molecular weight is 261 g/mol. The first-order valence-electron chi connectivity index (χ1n) is 6.19. The van der Waals surface area contributed by atoms with Crippen LogP contribution in [0.25, 0.3) is 0 Å². The van der Waals surface area contributed by atoms with E-state index < -0.39 is 0 Å². The van der Waals surface area contributed by atoms with Gasteiger partial charge in [-0.3, -0.25) is 4.90 Å². The molecule has 3 heteroatoms. The second-order valence-corrected chi connectivity index (χ2v) is 5.47. The van der Waals surface area contributed by atoms with Crippen molar-refractivity contribution < 1.29 is 5.11 Å². The van der Waals surface area contributed by atoms with Crippen molar-refractivity contribution in [1.82, 2.24) is 4.90 Å². The lowest BCUT2D eigenvalue weighted by molar-refractivity contribution is 0.185. The minimum atomic E-state index is 0.206. The van der Waals surface area contributed by atoms with Crippen LogP contribution in [0, 0.1) is 6.92 Å². The second-order valence-electron chi connectivity index (χ2n) is 4.44. The third kappa shape index (κ3) is 3.67. The largest absolute Gasteiger partial charge is 0.395 e. The fraction of sp³-hybridized carbons (Fsp3) is 0.333. The zero-order valence-electron chi connectivity index (χ0n) is 10.7. The molecule has 0 saturated heterocycles. The van der Waals surface area contributed by atoms with Gasteiger partial charge in [-0.05, 0) is 29.5 Å². The Morgan fingerprint density at radius 1 is 1.11 bits per heavy atom. The summed E-state index contributed by atoms with van der Waals surface area (Å²) >= 11 is 1.77. The molecule has 18 heavy (non-hydrogen) atoms. The fourth-order valence-corrected chi connectivity index (χ4v) is 2.75. The van der Waals surface area contributed by atoms with Crippen molar-refractivity contribution >= 4 is 11.3 Å². The van der Waals surface area contributed by atoms with Crippen molar-refractivity contribution in [1.29, 1.82) is 0 Å². The lowest BCUT2D eigenvalue weighted by atomic mass is 10.1. The molecule has 0 saturated carbocycles. The van der Waals surface area contributed by atoms with Crippen LogP contribution in [0.3, 0.4) is 0 Å². The molecule has 0 unspecified atom stereocenters. The van der Waals surface area contributed by atoms with Gasteiger partial charge >= 0.3 is 0 Å². The zero-order chi connectivity index (χ0) is 12.8. The summed E-state index contributed by atoms with van der Waals surface area (Å²) in [5.74, 6) is 0. The fourth-order valence-electron chi connectivity index (χ4n) is 2.01. The molecule has 1 heterocycles. The van der Waals surface area contributed by atoms with Gasteiger partial charge in [0.15, 0.2) is 0 Å². The van der Waals surface area contributed by atoms with Gasteiger partial charge in [-0.1, -0.05) is 30.3 Å². The summed E-state index contributed by atoms with van der Waals surface area (Å²) in [4.78, 5) is 3.63. The van der Waals surface area contributed by atoms with Crippen molar-refractivity contribution in [2.24, 2.45) is 0 Å². The predicted octanol–water partition coefficient (Wildman–Crippen LogP) is 3.05. The summed E-state index contributed by atoms with van der Waals surface area (Å²) in [5, 5.41) is 11.3. The van der Waals surface area contributed by atoms with E-state index in [9.17, 15) is 5.11 Å². The van der Waals surface area contributed by atoms with Gasteiger partial charge in [-0.15, -0.1) is 11.3 Å². The Morgan fingerprint density at radius 2 is 1.94 bits per heavy atom. The molecule has 0 atom stereocenters. The van der Waals surface area contributed by atoms with Gasteiger partial charge in [-0.25, -0.2) is 0 Å². The Kier molecular flexibility index (Phi) is 4.93. The van der Waals surface area contributed by atoms with Gasteiger partial charge in [0.2, 0.25) is 0 Å². The number of nitrogens with zero attached hydrogens (tertiary/aromatic N) is 1. The van der Waals surface area contributed by atoms with Crippen LogP contribution in [-0.2, 0) is 13.1 Å². The molecule has 0 aliphatic heterocycles. The zero-order valence-corrected chi connectivity index (χ0v) is 11.5. The van der Waals surface area contributed by atoms with Crippen LogP contribution in [0.15, 0.2) is 41.8 Å². The van der Waals surface area contributed by atoms with Crippen molar-refractivity contribution in [3.63, 3.8) is 0 Å². The van der Waals surface area contributed by atoms with Gasteiger partial charge in [0.25, 0.3) is 0 Å². The van der Waals surface area contributed by atoms with Crippen LogP contribution in [0.1, 0.15) is 16.0 Å². The van der Waals surface area contributed by atoms with Crippen LogP contribution in [0.2, 0.25) is 0 Å². The first-order chi connectivity index (χ1) is 8.79. The molecule has 1 N–H and O–H groups in total. The number of thiophene rings is 1. The Labute approximate surface area is 113 Å². The van der Waals surface area contributed by atoms with Crippen molar-refractivity contribution in [2.45, 2.75) is 20.0 Å². The minimum Gasteiger partial charge on any atom is -0.395 e. The van der Waals surface area contributed by atoms with E-state index in [2.05, 4.69) is 53.6 Å². The maximum absolute atomic E-state index is 9.17. The van der Waals surface area contributed by atoms with Gasteiger partial charge in [0.05, 0.1) is 6.61 Å². The van der Waals surface area contributed by atoms with Crippen LogP contribution in [0.5, 0.6) is 0 Å². The molecule has 0 spiro atoms. The van der Waals surface area contributed by atoms with Gasteiger partial charge < -0.3 is 5.11 Å². The van der Waals surface area contributed by atoms with E-state index >= 15 is 0 Å². The average Bonchev–Trinajstić information content (AvgIpc) is 2.85. The molecular formula is C15H19NOS. The van der Waals surface area contributed by atoms with Crippen molar-refractivity contribution in [3.05, 3.63) is 57.8 Å². The molecule has 0 aliphatic carbocycles. The van der Waals surface area contributed by atoms with Gasteiger partial charge in [0, 0.05) is 24.5 Å². The second kappa shape index (κ2) is 6.69. The molecule has 0 radical (unpaired) electrons. The third-order valence-corrected chi connectivity index (χ3v) is 3.89. The summed E-state index contributed by atoms with van der Waals surface area (Å²) < 4.78 is 0. The standard InChI is InChI=1S/C15H19NOS/c1-13-5-2-3-6-14(13)11-16(8-9-17)12-15-7-4-10-18-15/h2-7,10,17H,8-9,11-12H2,1H3. The number of benzene rings is 1. The highest BCUT2D eigenvalue weighted by molar-refractivity contribution is 7.09. The van der Waals surface area contributed by atoms with E-state index in [4.69, 9.17) is 0 Å². The molecule has 1 aromatic carbocycles. The Balaban J connectivity index is 2.04. The highest BCUT2D eigenvalue weighted by atomic mass is 32.1. The number of hydrogen-bond donors (Lipinski definition) is 1. The van der Waals surface area contributed by atoms with E-state index in [-0.39, 0.29) is 6.61 Å². The summed E-state index contributed by atoms with van der Waals surface area (Å²) in [6.07, 6.45) is 0. The normalized spacial score (nSPS) is 11.1. The molecule has 2 rings (SSSR count). The number of aryl methyl sites for hydroxylation is 1. The lowest BCUT2D eigenvalue weighted by Crippen LogP contribution is -2.26. The maximum Gasteiger partial charge on any atom is 0.0558 e. The predicted molar refractivity (Wildman–Crippen MR) is 76.7 cm³/mol. The third-order valence-electron chi connectivity index (χ3n) is 3.03. The Hall–Kier alpha value is -1.16. The Morgan fingerprint density at radius 3 is 2.61 bits per heavy atom. The molecular weight excluding hydrogens is 242 g/mol. The lowest BCUT2D eigenvalue weighted by Gasteiger charge is -2.21. The summed E-state index contributed by atoms with van der Waals surface area (Å²) in [6.45, 7) is 4.86. The van der Waals surface area contributed by atoms with Crippen molar-refractivity contribution in [3.8, 4) is 0 Å². The highest BCUT2D eigenvalue weighted by Gasteiger charge is 2.08. The number of rotatable bonds is 6. The summed E-state index contributed by atoms with van der Waals surface area (Å²) in [5.41, 5.74) is 2.65. The molecule has 2 aromatic rings. The van der Waals surface area contributed by atoms with E-state index in [0.29, 0.717) is 6.54 Å². The summed E-state index contributed by atoms with van der Waals surface area (Å²) in [6, 6.07) is 12.7. The summed E-state index contributed by atoms with van der Waals surface area (Å²) in [7, 11) is 0. The molecule has 1 aromatic heterocycles. The minimum absolute atomic E-state index is 0.206. The van der Waals surface area contributed by atoms with Crippen molar-refractivity contribution in [2.75, 3.05) is 13.2 Å². The van der Waals surface area contributed by atoms with E-state index in [1.54, 1.807) is 11.3 Å². The van der Waals surface area contributed by atoms with Crippen LogP contribution < -0.4 is 0 Å². The Bertz CT molecular complexity index is 467. The first-order valence-corrected chi connectivity index (χ1v) is 7.07. The molecule has 2 nitrogen and oxygen atoms in total. The first kappa shape index (κ1) is 13.3. The number of aliphatic hydroxyl groups is 1. The molecule has 0 bridgehead atoms. The van der Waals surface area contributed by atoms with Crippen LogP contribution >= 0.6 is 11.3 Å². The molecule has 0 amide bonds. The number of hydrogen-bond acceptors (Lipinski definition) is 3. The van der Waals surface area contributed by atoms with Gasteiger partial charge in [-0.2, -0.15) is 0 Å². The number of aliphatic hydroxyl groups excluding tert-OH is 1.